The van der Waals surface area contributed by atoms with E-state index >= 15 is 0 Å². The van der Waals surface area contributed by atoms with Gasteiger partial charge in [-0.15, -0.1) is 0 Å². The first-order valence-electron chi connectivity index (χ1n) is 9.49. The molecule has 1 amide bonds. The van der Waals surface area contributed by atoms with Gasteiger partial charge in [0.05, 0.1) is 19.8 Å². The summed E-state index contributed by atoms with van der Waals surface area (Å²) in [5.74, 6) is 0.00931. The molecule has 0 aliphatic carbocycles. The number of carbonyl (C=O) groups is 1. The highest BCUT2D eigenvalue weighted by Gasteiger charge is 2.16. The van der Waals surface area contributed by atoms with E-state index in [1.54, 1.807) is 0 Å². The minimum Gasteiger partial charge on any atom is -0.378 e. The number of ether oxygens (including phenoxy) is 1. The molecule has 5 heteroatoms. The summed E-state index contributed by atoms with van der Waals surface area (Å²) in [4.78, 5) is 16.9. The Hall–Kier alpha value is -2.37. The number of morpholine rings is 1. The third kappa shape index (κ3) is 5.31. The zero-order chi connectivity index (χ0) is 19.2. The Morgan fingerprint density at radius 1 is 1.15 bits per heavy atom. The Morgan fingerprint density at radius 2 is 1.89 bits per heavy atom. The first kappa shape index (κ1) is 19.4. The van der Waals surface area contributed by atoms with Crippen LogP contribution in [0.4, 0.5) is 11.4 Å². The molecule has 144 valence electrons. The lowest BCUT2D eigenvalue weighted by Crippen LogP contribution is -2.37. The Bertz CT molecular complexity index is 785. The quantitative estimate of drug-likeness (QED) is 0.852. The standard InChI is InChI=1S/C22H29N3O2/c1-17-8-9-18(2)20(14-17)23-22(26)16-24(3)15-19-6-4-5-7-21(19)25-10-12-27-13-11-25/h4-9,14H,10-13,15-16H2,1-3H3,(H,23,26). The van der Waals surface area contributed by atoms with Crippen molar-refractivity contribution in [2.75, 3.05) is 50.1 Å². The van der Waals surface area contributed by atoms with Crippen molar-refractivity contribution in [3.05, 3.63) is 59.2 Å². The van der Waals surface area contributed by atoms with Crippen molar-refractivity contribution in [3.63, 3.8) is 0 Å². The van der Waals surface area contributed by atoms with Crippen LogP contribution < -0.4 is 10.2 Å². The smallest absolute Gasteiger partial charge is 0.238 e. The fourth-order valence-electron chi connectivity index (χ4n) is 3.41. The Morgan fingerprint density at radius 3 is 2.67 bits per heavy atom. The van der Waals surface area contributed by atoms with E-state index in [1.165, 1.54) is 11.3 Å². The van der Waals surface area contributed by atoms with E-state index in [0.717, 1.165) is 49.7 Å². The van der Waals surface area contributed by atoms with E-state index in [0.29, 0.717) is 6.54 Å². The Labute approximate surface area is 161 Å². The summed E-state index contributed by atoms with van der Waals surface area (Å²) in [6.07, 6.45) is 0. The lowest BCUT2D eigenvalue weighted by Gasteiger charge is -2.31. The molecular formula is C22H29N3O2. The third-order valence-electron chi connectivity index (χ3n) is 4.86. The van der Waals surface area contributed by atoms with E-state index in [2.05, 4.69) is 45.4 Å². The van der Waals surface area contributed by atoms with Crippen LogP contribution >= 0.6 is 0 Å². The molecular weight excluding hydrogens is 338 g/mol. The number of nitrogens with one attached hydrogen (secondary N) is 1. The molecule has 0 bridgehead atoms. The van der Waals surface area contributed by atoms with E-state index in [-0.39, 0.29) is 5.91 Å². The number of amides is 1. The molecule has 1 fully saturated rings. The number of para-hydroxylation sites is 1. The molecule has 1 heterocycles. The zero-order valence-corrected chi connectivity index (χ0v) is 16.5. The van der Waals surface area contributed by atoms with Crippen LogP contribution in [-0.2, 0) is 16.1 Å². The molecule has 3 rings (SSSR count). The number of rotatable bonds is 6. The number of likely N-dealkylation sites (N-methyl/N-ethyl adjacent to an activating group) is 1. The maximum atomic E-state index is 12.5. The summed E-state index contributed by atoms with van der Waals surface area (Å²) in [6.45, 7) is 8.48. The van der Waals surface area contributed by atoms with E-state index in [4.69, 9.17) is 4.74 Å². The van der Waals surface area contributed by atoms with Crippen LogP contribution in [-0.4, -0.2) is 50.7 Å². The highest BCUT2D eigenvalue weighted by Crippen LogP contribution is 2.23. The van der Waals surface area contributed by atoms with Gasteiger partial charge in [0.25, 0.3) is 0 Å². The van der Waals surface area contributed by atoms with Gasteiger partial charge in [0.1, 0.15) is 0 Å². The van der Waals surface area contributed by atoms with Crippen LogP contribution in [0, 0.1) is 13.8 Å². The number of anilines is 2. The van der Waals surface area contributed by atoms with E-state index < -0.39 is 0 Å². The van der Waals surface area contributed by atoms with Gasteiger partial charge < -0.3 is 15.0 Å². The van der Waals surface area contributed by atoms with Gasteiger partial charge >= 0.3 is 0 Å². The SMILES string of the molecule is Cc1ccc(C)c(NC(=O)CN(C)Cc2ccccc2N2CCOCC2)c1. The highest BCUT2D eigenvalue weighted by atomic mass is 16.5. The molecule has 1 saturated heterocycles. The summed E-state index contributed by atoms with van der Waals surface area (Å²) in [6, 6.07) is 14.5. The number of hydrogen-bond donors (Lipinski definition) is 1. The number of benzene rings is 2. The van der Waals surface area contributed by atoms with Crippen LogP contribution in [0.25, 0.3) is 0 Å². The molecule has 27 heavy (non-hydrogen) atoms. The molecule has 2 aromatic rings. The molecule has 1 aliphatic rings. The third-order valence-corrected chi connectivity index (χ3v) is 4.86. The first-order valence-corrected chi connectivity index (χ1v) is 9.49. The fraction of sp³-hybridized carbons (Fsp3) is 0.409. The predicted octanol–water partition coefficient (Wildman–Crippen LogP) is 3.21. The first-order chi connectivity index (χ1) is 13.0. The van der Waals surface area contributed by atoms with Crippen molar-refractivity contribution in [2.45, 2.75) is 20.4 Å². The minimum atomic E-state index is 0.00931. The molecule has 0 unspecified atom stereocenters. The van der Waals surface area contributed by atoms with Gasteiger partial charge in [-0.05, 0) is 49.7 Å². The van der Waals surface area contributed by atoms with Crippen LogP contribution in [0.3, 0.4) is 0 Å². The summed E-state index contributed by atoms with van der Waals surface area (Å²) >= 11 is 0. The second kappa shape index (κ2) is 9.02. The van der Waals surface area contributed by atoms with Gasteiger partial charge in [-0.2, -0.15) is 0 Å². The van der Waals surface area contributed by atoms with Gasteiger partial charge in [0, 0.05) is 31.0 Å². The molecule has 5 nitrogen and oxygen atoms in total. The van der Waals surface area contributed by atoms with Crippen molar-refractivity contribution < 1.29 is 9.53 Å². The minimum absolute atomic E-state index is 0.00931. The van der Waals surface area contributed by atoms with E-state index in [1.807, 2.05) is 33.0 Å². The molecule has 0 saturated carbocycles. The van der Waals surface area contributed by atoms with Crippen LogP contribution in [0.1, 0.15) is 16.7 Å². The van der Waals surface area contributed by atoms with Crippen molar-refractivity contribution >= 4 is 17.3 Å². The zero-order valence-electron chi connectivity index (χ0n) is 16.5. The largest absolute Gasteiger partial charge is 0.378 e. The van der Waals surface area contributed by atoms with Crippen LogP contribution in [0.15, 0.2) is 42.5 Å². The molecule has 0 aromatic heterocycles. The average Bonchev–Trinajstić information content (AvgIpc) is 2.65. The predicted molar refractivity (Wildman–Crippen MR) is 110 cm³/mol. The highest BCUT2D eigenvalue weighted by molar-refractivity contribution is 5.93. The molecule has 2 aromatic carbocycles. The van der Waals surface area contributed by atoms with Gasteiger partial charge in [0.15, 0.2) is 0 Å². The molecule has 1 N–H and O–H groups in total. The number of carbonyl (C=O) groups excluding carboxylic acids is 1. The lowest BCUT2D eigenvalue weighted by atomic mass is 10.1. The molecule has 0 atom stereocenters. The van der Waals surface area contributed by atoms with Gasteiger partial charge in [-0.1, -0.05) is 30.3 Å². The van der Waals surface area contributed by atoms with Crippen LogP contribution in [0.2, 0.25) is 0 Å². The lowest BCUT2D eigenvalue weighted by molar-refractivity contribution is -0.117. The van der Waals surface area contributed by atoms with Crippen molar-refractivity contribution in [3.8, 4) is 0 Å². The number of aryl methyl sites for hydroxylation is 2. The van der Waals surface area contributed by atoms with E-state index in [9.17, 15) is 4.79 Å². The van der Waals surface area contributed by atoms with Gasteiger partial charge in [-0.3, -0.25) is 9.69 Å². The summed E-state index contributed by atoms with van der Waals surface area (Å²) < 4.78 is 5.46. The molecule has 0 spiro atoms. The van der Waals surface area contributed by atoms with Gasteiger partial charge in [-0.25, -0.2) is 0 Å². The van der Waals surface area contributed by atoms with Crippen molar-refractivity contribution in [1.29, 1.82) is 0 Å². The second-order valence-electron chi connectivity index (χ2n) is 7.27. The summed E-state index contributed by atoms with van der Waals surface area (Å²) in [5, 5.41) is 3.04. The van der Waals surface area contributed by atoms with Crippen molar-refractivity contribution in [1.82, 2.24) is 4.90 Å². The summed E-state index contributed by atoms with van der Waals surface area (Å²) in [7, 11) is 1.98. The fourth-order valence-corrected chi connectivity index (χ4v) is 3.41. The number of hydrogen-bond acceptors (Lipinski definition) is 4. The van der Waals surface area contributed by atoms with Crippen LogP contribution in [0.5, 0.6) is 0 Å². The number of nitrogens with zero attached hydrogens (tertiary/aromatic N) is 2. The maximum absolute atomic E-state index is 12.5. The topological polar surface area (TPSA) is 44.8 Å². The van der Waals surface area contributed by atoms with Crippen molar-refractivity contribution in [2.24, 2.45) is 0 Å². The van der Waals surface area contributed by atoms with Gasteiger partial charge in [0.2, 0.25) is 5.91 Å². The Kier molecular flexibility index (Phi) is 6.48. The second-order valence-corrected chi connectivity index (χ2v) is 7.27. The molecule has 0 radical (unpaired) electrons. The summed E-state index contributed by atoms with van der Waals surface area (Å²) in [5.41, 5.74) is 5.59. The average molecular weight is 367 g/mol. The molecule has 1 aliphatic heterocycles. The monoisotopic (exact) mass is 367 g/mol. The maximum Gasteiger partial charge on any atom is 0.238 e. The Balaban J connectivity index is 1.61. The normalized spacial score (nSPS) is 14.4.